The molecule has 1 unspecified atom stereocenters. The fourth-order valence-corrected chi connectivity index (χ4v) is 2.02. The molecule has 2 amide bonds. The van der Waals surface area contributed by atoms with E-state index in [0.29, 0.717) is 24.4 Å². The molecular formula is C15H18FN3O3. The predicted molar refractivity (Wildman–Crippen MR) is 79.9 cm³/mol. The highest BCUT2D eigenvalue weighted by Crippen LogP contribution is 2.11. The SMILES string of the molecule is C/C(CC(=O)Nc1ccc(F)cc1)=N\NC(=O)C1CCCO1. The third-order valence-corrected chi connectivity index (χ3v) is 3.12. The van der Waals surface area contributed by atoms with Crippen molar-refractivity contribution in [3.63, 3.8) is 0 Å². The van der Waals surface area contributed by atoms with Gasteiger partial charge in [-0.2, -0.15) is 5.10 Å². The zero-order valence-corrected chi connectivity index (χ0v) is 12.3. The highest BCUT2D eigenvalue weighted by Gasteiger charge is 2.23. The minimum absolute atomic E-state index is 0.0309. The maximum atomic E-state index is 12.8. The molecule has 2 N–H and O–H groups in total. The van der Waals surface area contributed by atoms with Crippen molar-refractivity contribution >= 4 is 23.2 Å². The number of carbonyl (C=O) groups is 2. The van der Waals surface area contributed by atoms with Crippen LogP contribution in [0.15, 0.2) is 29.4 Å². The minimum Gasteiger partial charge on any atom is -0.368 e. The number of halogens is 1. The Morgan fingerprint density at radius 1 is 1.36 bits per heavy atom. The van der Waals surface area contributed by atoms with Crippen molar-refractivity contribution in [2.45, 2.75) is 32.3 Å². The summed E-state index contributed by atoms with van der Waals surface area (Å²) < 4.78 is 18.0. The molecule has 0 aliphatic carbocycles. The molecular weight excluding hydrogens is 289 g/mol. The number of hydrazone groups is 1. The molecule has 7 heteroatoms. The Morgan fingerprint density at radius 2 is 2.09 bits per heavy atom. The molecule has 118 valence electrons. The second-order valence-corrected chi connectivity index (χ2v) is 5.06. The van der Waals surface area contributed by atoms with Crippen LogP contribution < -0.4 is 10.7 Å². The molecule has 0 spiro atoms. The first-order valence-corrected chi connectivity index (χ1v) is 7.04. The molecule has 0 bridgehead atoms. The van der Waals surface area contributed by atoms with Crippen molar-refractivity contribution in [1.29, 1.82) is 0 Å². The molecule has 1 heterocycles. The maximum Gasteiger partial charge on any atom is 0.269 e. The van der Waals surface area contributed by atoms with E-state index in [9.17, 15) is 14.0 Å². The van der Waals surface area contributed by atoms with Gasteiger partial charge >= 0.3 is 0 Å². The third kappa shape index (κ3) is 4.92. The van der Waals surface area contributed by atoms with E-state index in [1.54, 1.807) is 6.92 Å². The van der Waals surface area contributed by atoms with E-state index in [4.69, 9.17) is 4.74 Å². The van der Waals surface area contributed by atoms with Crippen LogP contribution >= 0.6 is 0 Å². The average molecular weight is 307 g/mol. The number of ether oxygens (including phenoxy) is 1. The third-order valence-electron chi connectivity index (χ3n) is 3.12. The lowest BCUT2D eigenvalue weighted by atomic mass is 10.2. The second kappa shape index (κ2) is 7.65. The largest absolute Gasteiger partial charge is 0.368 e. The van der Waals surface area contributed by atoms with Crippen LogP contribution in [-0.2, 0) is 14.3 Å². The fourth-order valence-electron chi connectivity index (χ4n) is 2.02. The van der Waals surface area contributed by atoms with Gasteiger partial charge in [-0.1, -0.05) is 0 Å². The van der Waals surface area contributed by atoms with Crippen LogP contribution in [0.4, 0.5) is 10.1 Å². The molecule has 0 radical (unpaired) electrons. The molecule has 1 aromatic rings. The molecule has 0 aromatic heterocycles. The molecule has 1 saturated heterocycles. The van der Waals surface area contributed by atoms with E-state index in [-0.39, 0.29) is 24.1 Å². The van der Waals surface area contributed by atoms with Crippen molar-refractivity contribution < 1.29 is 18.7 Å². The van der Waals surface area contributed by atoms with Gasteiger partial charge in [-0.15, -0.1) is 0 Å². The van der Waals surface area contributed by atoms with Crippen LogP contribution in [0.5, 0.6) is 0 Å². The van der Waals surface area contributed by atoms with E-state index in [1.165, 1.54) is 24.3 Å². The number of anilines is 1. The lowest BCUT2D eigenvalue weighted by Crippen LogP contribution is -2.31. The van der Waals surface area contributed by atoms with E-state index < -0.39 is 6.10 Å². The Kier molecular flexibility index (Phi) is 5.60. The van der Waals surface area contributed by atoms with Crippen LogP contribution in [0.25, 0.3) is 0 Å². The summed E-state index contributed by atoms with van der Waals surface area (Å²) in [6, 6.07) is 5.47. The molecule has 1 aliphatic heterocycles. The first-order valence-electron chi connectivity index (χ1n) is 7.04. The molecule has 1 aliphatic rings. The maximum absolute atomic E-state index is 12.8. The van der Waals surface area contributed by atoms with Crippen LogP contribution in [0.2, 0.25) is 0 Å². The molecule has 6 nitrogen and oxygen atoms in total. The first kappa shape index (κ1) is 16.1. The monoisotopic (exact) mass is 307 g/mol. The number of benzene rings is 1. The standard InChI is InChI=1S/C15H18FN3O3/c1-10(18-19-15(21)13-3-2-8-22-13)9-14(20)17-12-6-4-11(16)5-7-12/h4-7,13H,2-3,8-9H2,1H3,(H,17,20)(H,19,21)/b18-10+. The van der Waals surface area contributed by atoms with Crippen LogP contribution in [-0.4, -0.2) is 30.2 Å². The van der Waals surface area contributed by atoms with Gasteiger partial charge in [-0.05, 0) is 44.0 Å². The molecule has 0 saturated carbocycles. The normalized spacial score (nSPS) is 18.1. The summed E-state index contributed by atoms with van der Waals surface area (Å²) in [7, 11) is 0. The van der Waals surface area contributed by atoms with Crippen molar-refractivity contribution in [3.8, 4) is 0 Å². The van der Waals surface area contributed by atoms with Gasteiger partial charge in [0.25, 0.3) is 5.91 Å². The van der Waals surface area contributed by atoms with Gasteiger partial charge in [-0.3, -0.25) is 9.59 Å². The average Bonchev–Trinajstić information content (AvgIpc) is 3.01. The van der Waals surface area contributed by atoms with E-state index in [0.717, 1.165) is 6.42 Å². The van der Waals surface area contributed by atoms with E-state index in [2.05, 4.69) is 15.8 Å². The van der Waals surface area contributed by atoms with Crippen molar-refractivity contribution in [3.05, 3.63) is 30.1 Å². The number of nitrogens with zero attached hydrogens (tertiary/aromatic N) is 1. The second-order valence-electron chi connectivity index (χ2n) is 5.06. The van der Waals surface area contributed by atoms with Crippen LogP contribution in [0, 0.1) is 5.82 Å². The Balaban J connectivity index is 1.78. The highest BCUT2D eigenvalue weighted by molar-refractivity contribution is 6.05. The summed E-state index contributed by atoms with van der Waals surface area (Å²) in [6.45, 7) is 2.22. The molecule has 22 heavy (non-hydrogen) atoms. The fraction of sp³-hybridized carbons (Fsp3) is 0.400. The van der Waals surface area contributed by atoms with Gasteiger partial charge in [0, 0.05) is 18.0 Å². The van der Waals surface area contributed by atoms with E-state index in [1.807, 2.05) is 0 Å². The Bertz CT molecular complexity index is 566. The first-order chi connectivity index (χ1) is 10.5. The molecule has 2 rings (SSSR count). The highest BCUT2D eigenvalue weighted by atomic mass is 19.1. The summed E-state index contributed by atoms with van der Waals surface area (Å²) >= 11 is 0. The van der Waals surface area contributed by atoms with Gasteiger partial charge in [0.15, 0.2) is 0 Å². The number of hydrogen-bond donors (Lipinski definition) is 2. The summed E-state index contributed by atoms with van der Waals surface area (Å²) in [5, 5.41) is 6.50. The zero-order valence-electron chi connectivity index (χ0n) is 12.3. The lowest BCUT2D eigenvalue weighted by molar-refractivity contribution is -0.130. The minimum atomic E-state index is -0.454. The Hall–Kier alpha value is -2.28. The quantitative estimate of drug-likeness (QED) is 0.643. The van der Waals surface area contributed by atoms with Gasteiger partial charge in [0.05, 0.1) is 6.42 Å². The Labute approximate surface area is 127 Å². The number of nitrogens with one attached hydrogen (secondary N) is 2. The van der Waals surface area contributed by atoms with Crippen molar-refractivity contribution in [2.75, 3.05) is 11.9 Å². The van der Waals surface area contributed by atoms with Gasteiger partial charge in [-0.25, -0.2) is 9.82 Å². The summed E-state index contributed by atoms with van der Waals surface area (Å²) in [5.41, 5.74) is 3.36. The molecule has 1 atom stereocenters. The summed E-state index contributed by atoms with van der Waals surface area (Å²) in [4.78, 5) is 23.5. The van der Waals surface area contributed by atoms with Crippen LogP contribution in [0.1, 0.15) is 26.2 Å². The van der Waals surface area contributed by atoms with Gasteiger partial charge < -0.3 is 10.1 Å². The number of amides is 2. The van der Waals surface area contributed by atoms with Crippen molar-refractivity contribution in [2.24, 2.45) is 5.10 Å². The lowest BCUT2D eigenvalue weighted by Gasteiger charge is -2.08. The predicted octanol–water partition coefficient (Wildman–Crippen LogP) is 1.83. The topological polar surface area (TPSA) is 79.8 Å². The zero-order chi connectivity index (χ0) is 15.9. The van der Waals surface area contributed by atoms with Crippen molar-refractivity contribution in [1.82, 2.24) is 5.43 Å². The number of hydrogen-bond acceptors (Lipinski definition) is 4. The van der Waals surface area contributed by atoms with E-state index >= 15 is 0 Å². The number of carbonyl (C=O) groups excluding carboxylic acids is 2. The number of rotatable bonds is 5. The van der Waals surface area contributed by atoms with Crippen LogP contribution in [0.3, 0.4) is 0 Å². The smallest absolute Gasteiger partial charge is 0.269 e. The van der Waals surface area contributed by atoms with Gasteiger partial charge in [0.2, 0.25) is 5.91 Å². The summed E-state index contributed by atoms with van der Waals surface area (Å²) in [6.07, 6.45) is 1.12. The molecule has 1 aromatic carbocycles. The molecule has 1 fully saturated rings. The van der Waals surface area contributed by atoms with Gasteiger partial charge in [0.1, 0.15) is 11.9 Å². The summed E-state index contributed by atoms with van der Waals surface area (Å²) in [5.74, 6) is -0.956. The Morgan fingerprint density at radius 3 is 2.73 bits per heavy atom.